The maximum atomic E-state index is 14.2. The lowest BCUT2D eigenvalue weighted by molar-refractivity contribution is -0.0390. The van der Waals surface area contributed by atoms with Crippen molar-refractivity contribution < 1.29 is 9.50 Å². The van der Waals surface area contributed by atoms with Crippen LogP contribution in [0.15, 0.2) is 17.1 Å². The maximum Gasteiger partial charge on any atom is 0.149 e. The van der Waals surface area contributed by atoms with E-state index < -0.39 is 5.60 Å². The van der Waals surface area contributed by atoms with E-state index in [1.807, 2.05) is 19.9 Å². The third kappa shape index (κ3) is 2.86. The van der Waals surface area contributed by atoms with Crippen LogP contribution in [-0.4, -0.2) is 10.8 Å². The monoisotopic (exact) mass is 263 g/mol. The zero-order valence-corrected chi connectivity index (χ0v) is 12.0. The molecule has 0 unspecified atom stereocenters. The molecule has 0 aliphatic heterocycles. The fourth-order valence-corrected chi connectivity index (χ4v) is 2.56. The van der Waals surface area contributed by atoms with Gasteiger partial charge in [0.1, 0.15) is 11.5 Å². The molecule has 1 saturated carbocycles. The molecular weight excluding hydrogens is 241 g/mol. The number of aliphatic imine (C=N–C) groups is 1. The van der Waals surface area contributed by atoms with Gasteiger partial charge in [0, 0.05) is 5.71 Å². The minimum absolute atomic E-state index is 0.328. The molecule has 0 radical (unpaired) electrons. The molecule has 1 aliphatic carbocycles. The standard InChI is InChI=1S/C16H22FNO/c1-4-6-12(3)18-15-11(2)9-13(10-14(15)17)16(19)7-5-8-16/h9-10,19H,4-8H2,1-3H3. The summed E-state index contributed by atoms with van der Waals surface area (Å²) in [6.07, 6.45) is 4.35. The van der Waals surface area contributed by atoms with Crippen LogP contribution in [0.5, 0.6) is 0 Å². The van der Waals surface area contributed by atoms with Gasteiger partial charge in [-0.15, -0.1) is 0 Å². The van der Waals surface area contributed by atoms with E-state index in [0.717, 1.165) is 43.4 Å². The lowest BCUT2D eigenvalue weighted by Gasteiger charge is -2.37. The minimum Gasteiger partial charge on any atom is -0.385 e. The van der Waals surface area contributed by atoms with Crippen LogP contribution in [0.4, 0.5) is 10.1 Å². The first-order valence-electron chi connectivity index (χ1n) is 7.03. The highest BCUT2D eigenvalue weighted by atomic mass is 19.1. The van der Waals surface area contributed by atoms with E-state index >= 15 is 0 Å². The van der Waals surface area contributed by atoms with Gasteiger partial charge in [-0.3, -0.25) is 4.99 Å². The number of nitrogens with zero attached hydrogens (tertiary/aromatic N) is 1. The van der Waals surface area contributed by atoms with Crippen molar-refractivity contribution in [2.24, 2.45) is 4.99 Å². The first kappa shape index (κ1) is 14.2. The molecule has 0 aromatic heterocycles. The Morgan fingerprint density at radius 2 is 2.11 bits per heavy atom. The lowest BCUT2D eigenvalue weighted by atomic mass is 9.75. The molecule has 0 heterocycles. The number of benzene rings is 1. The minimum atomic E-state index is -0.813. The molecular formula is C16H22FNO. The Hall–Kier alpha value is -1.22. The zero-order chi connectivity index (χ0) is 14.0. The molecule has 104 valence electrons. The first-order chi connectivity index (χ1) is 8.96. The van der Waals surface area contributed by atoms with Crippen molar-refractivity contribution in [1.82, 2.24) is 0 Å². The number of halogens is 1. The van der Waals surface area contributed by atoms with E-state index in [2.05, 4.69) is 11.9 Å². The maximum absolute atomic E-state index is 14.2. The largest absolute Gasteiger partial charge is 0.385 e. The molecule has 0 amide bonds. The Morgan fingerprint density at radius 1 is 1.42 bits per heavy atom. The van der Waals surface area contributed by atoms with Gasteiger partial charge < -0.3 is 5.11 Å². The average Bonchev–Trinajstić information content (AvgIpc) is 2.31. The summed E-state index contributed by atoms with van der Waals surface area (Å²) < 4.78 is 14.2. The molecule has 1 aliphatic rings. The molecule has 3 heteroatoms. The third-order valence-corrected chi connectivity index (χ3v) is 3.89. The average molecular weight is 263 g/mol. The normalized spacial score (nSPS) is 18.3. The lowest BCUT2D eigenvalue weighted by Crippen LogP contribution is -2.33. The smallest absolute Gasteiger partial charge is 0.149 e. The Morgan fingerprint density at radius 3 is 2.58 bits per heavy atom. The van der Waals surface area contributed by atoms with Crippen LogP contribution < -0.4 is 0 Å². The van der Waals surface area contributed by atoms with Crippen molar-refractivity contribution in [3.8, 4) is 0 Å². The van der Waals surface area contributed by atoms with Crippen LogP contribution in [0.3, 0.4) is 0 Å². The highest BCUT2D eigenvalue weighted by molar-refractivity contribution is 5.85. The predicted octanol–water partition coefficient (Wildman–Crippen LogP) is 4.40. The van der Waals surface area contributed by atoms with E-state index in [4.69, 9.17) is 0 Å². The van der Waals surface area contributed by atoms with Gasteiger partial charge in [0.15, 0.2) is 0 Å². The number of aryl methyl sites for hydroxylation is 1. The molecule has 0 saturated heterocycles. The Bertz CT molecular complexity index is 480. The summed E-state index contributed by atoms with van der Waals surface area (Å²) >= 11 is 0. The first-order valence-corrected chi connectivity index (χ1v) is 7.03. The highest BCUT2D eigenvalue weighted by Gasteiger charge is 2.36. The van der Waals surface area contributed by atoms with Gasteiger partial charge in [-0.1, -0.05) is 19.4 Å². The van der Waals surface area contributed by atoms with Gasteiger partial charge in [-0.2, -0.15) is 0 Å². The van der Waals surface area contributed by atoms with Crippen LogP contribution in [-0.2, 0) is 5.60 Å². The SMILES string of the molecule is CCCC(C)=Nc1c(C)cc(C2(O)CCC2)cc1F. The molecule has 0 atom stereocenters. The van der Waals surface area contributed by atoms with Crippen molar-refractivity contribution in [3.05, 3.63) is 29.1 Å². The fraction of sp³-hybridized carbons (Fsp3) is 0.562. The van der Waals surface area contributed by atoms with Crippen molar-refractivity contribution in [3.63, 3.8) is 0 Å². The van der Waals surface area contributed by atoms with Crippen molar-refractivity contribution in [1.29, 1.82) is 0 Å². The van der Waals surface area contributed by atoms with Gasteiger partial charge in [0.2, 0.25) is 0 Å². The van der Waals surface area contributed by atoms with Crippen LogP contribution in [0.25, 0.3) is 0 Å². The summed E-state index contributed by atoms with van der Waals surface area (Å²) in [6.45, 7) is 5.86. The topological polar surface area (TPSA) is 32.6 Å². The molecule has 2 rings (SSSR count). The van der Waals surface area contributed by atoms with Crippen LogP contribution >= 0.6 is 0 Å². The quantitative estimate of drug-likeness (QED) is 0.802. The van der Waals surface area contributed by atoms with Gasteiger partial charge in [0.25, 0.3) is 0 Å². The number of hydrogen-bond donors (Lipinski definition) is 1. The van der Waals surface area contributed by atoms with E-state index in [1.165, 1.54) is 6.07 Å². The molecule has 1 aromatic rings. The second-order valence-corrected chi connectivity index (χ2v) is 5.61. The van der Waals surface area contributed by atoms with Gasteiger partial charge >= 0.3 is 0 Å². The van der Waals surface area contributed by atoms with Gasteiger partial charge in [0.05, 0.1) is 5.60 Å². The Labute approximate surface area is 114 Å². The summed E-state index contributed by atoms with van der Waals surface area (Å²) in [6, 6.07) is 3.32. The molecule has 0 bridgehead atoms. The molecule has 1 aromatic carbocycles. The molecule has 0 spiro atoms. The van der Waals surface area contributed by atoms with Crippen LogP contribution in [0.2, 0.25) is 0 Å². The number of aliphatic hydroxyl groups is 1. The third-order valence-electron chi connectivity index (χ3n) is 3.89. The van der Waals surface area contributed by atoms with Crippen molar-refractivity contribution in [2.75, 3.05) is 0 Å². The molecule has 1 N–H and O–H groups in total. The van der Waals surface area contributed by atoms with Crippen molar-refractivity contribution >= 4 is 11.4 Å². The van der Waals surface area contributed by atoms with Crippen molar-refractivity contribution in [2.45, 2.75) is 58.5 Å². The summed E-state index contributed by atoms with van der Waals surface area (Å²) in [5.41, 5.74) is 2.04. The summed E-state index contributed by atoms with van der Waals surface area (Å²) in [4.78, 5) is 4.37. The van der Waals surface area contributed by atoms with Gasteiger partial charge in [-0.25, -0.2) is 4.39 Å². The molecule has 1 fully saturated rings. The van der Waals surface area contributed by atoms with Crippen LogP contribution in [0.1, 0.15) is 57.1 Å². The second kappa shape index (κ2) is 5.41. The fourth-order valence-electron chi connectivity index (χ4n) is 2.56. The second-order valence-electron chi connectivity index (χ2n) is 5.61. The summed E-state index contributed by atoms with van der Waals surface area (Å²) in [5.74, 6) is -0.328. The Balaban J connectivity index is 2.35. The summed E-state index contributed by atoms with van der Waals surface area (Å²) in [7, 11) is 0. The predicted molar refractivity (Wildman–Crippen MR) is 76.6 cm³/mol. The Kier molecular flexibility index (Phi) is 4.04. The van der Waals surface area contributed by atoms with Gasteiger partial charge in [-0.05, 0) is 56.7 Å². The molecule has 2 nitrogen and oxygen atoms in total. The molecule has 19 heavy (non-hydrogen) atoms. The summed E-state index contributed by atoms with van der Waals surface area (Å²) in [5, 5.41) is 10.3. The van der Waals surface area contributed by atoms with Crippen LogP contribution in [0, 0.1) is 12.7 Å². The van der Waals surface area contributed by atoms with E-state index in [9.17, 15) is 9.50 Å². The van der Waals surface area contributed by atoms with E-state index in [-0.39, 0.29) is 5.82 Å². The van der Waals surface area contributed by atoms with E-state index in [0.29, 0.717) is 11.3 Å². The zero-order valence-electron chi connectivity index (χ0n) is 12.0. The van der Waals surface area contributed by atoms with E-state index in [1.54, 1.807) is 0 Å². The number of rotatable bonds is 4. The highest BCUT2D eigenvalue weighted by Crippen LogP contribution is 2.42. The number of hydrogen-bond acceptors (Lipinski definition) is 2.